The number of likely N-dealkylation sites (tertiary alicyclic amines) is 1. The summed E-state index contributed by atoms with van der Waals surface area (Å²) < 4.78 is 38.1. The number of ether oxygens (including phenoxy) is 2. The van der Waals surface area contributed by atoms with Gasteiger partial charge in [0.2, 0.25) is 10.0 Å². The molecule has 0 N–H and O–H groups in total. The van der Waals surface area contributed by atoms with Crippen LogP contribution in [0.25, 0.3) is 0 Å². The van der Waals surface area contributed by atoms with Crippen LogP contribution in [0.5, 0.6) is 0 Å². The second kappa shape index (κ2) is 9.13. The zero-order valence-electron chi connectivity index (χ0n) is 19.5. The molecule has 3 fully saturated rings. The number of carbonyl (C=O) groups excluding carboxylic acids is 2. The van der Waals surface area contributed by atoms with Gasteiger partial charge in [0.1, 0.15) is 12.2 Å². The van der Waals surface area contributed by atoms with Crippen LogP contribution in [0.4, 0.5) is 9.59 Å². The van der Waals surface area contributed by atoms with Gasteiger partial charge in [0.15, 0.2) is 0 Å². The molecule has 1 saturated carbocycles. The van der Waals surface area contributed by atoms with Gasteiger partial charge in [0, 0.05) is 39.3 Å². The maximum atomic E-state index is 12.9. The highest BCUT2D eigenvalue weighted by atomic mass is 32.2. The van der Waals surface area contributed by atoms with Crippen molar-refractivity contribution in [1.82, 2.24) is 14.1 Å². The minimum Gasteiger partial charge on any atom is -0.445 e. The zero-order valence-corrected chi connectivity index (χ0v) is 20.3. The van der Waals surface area contributed by atoms with Gasteiger partial charge in [-0.05, 0) is 44.1 Å². The lowest BCUT2D eigenvalue weighted by atomic mass is 10.2. The molecular weight excluding hydrogens is 446 g/mol. The molecule has 33 heavy (non-hydrogen) atoms. The molecular formula is C23H33N3O6S. The van der Waals surface area contributed by atoms with Crippen LogP contribution in [-0.4, -0.2) is 85.3 Å². The molecule has 1 aromatic rings. The predicted molar refractivity (Wildman–Crippen MR) is 122 cm³/mol. The largest absolute Gasteiger partial charge is 0.445 e. The van der Waals surface area contributed by atoms with Gasteiger partial charge in [-0.2, -0.15) is 4.31 Å². The number of piperazine rings is 1. The van der Waals surface area contributed by atoms with E-state index in [1.807, 2.05) is 51.1 Å². The number of carbonyl (C=O) groups is 2. The quantitative estimate of drug-likeness (QED) is 0.643. The number of hydrogen-bond donors (Lipinski definition) is 0. The van der Waals surface area contributed by atoms with Crippen LogP contribution in [0.15, 0.2) is 30.3 Å². The van der Waals surface area contributed by atoms with E-state index in [-0.39, 0.29) is 49.3 Å². The van der Waals surface area contributed by atoms with E-state index in [0.717, 1.165) is 5.56 Å². The summed E-state index contributed by atoms with van der Waals surface area (Å²) in [5.74, 6) is 0.609. The van der Waals surface area contributed by atoms with Crippen LogP contribution in [0, 0.1) is 17.8 Å². The first-order chi connectivity index (χ1) is 15.5. The Balaban J connectivity index is 1.20. The first-order valence-electron chi connectivity index (χ1n) is 11.4. The average molecular weight is 480 g/mol. The van der Waals surface area contributed by atoms with Gasteiger partial charge < -0.3 is 19.3 Å². The van der Waals surface area contributed by atoms with Gasteiger partial charge in [-0.3, -0.25) is 0 Å². The number of fused-ring (bicyclic) bond motifs is 1. The van der Waals surface area contributed by atoms with Crippen molar-refractivity contribution in [2.75, 3.05) is 45.0 Å². The summed E-state index contributed by atoms with van der Waals surface area (Å²) >= 11 is 0. The standard InChI is InChI=1S/C23H33N3O6S/c1-23(2,3)32-22(28)24-9-11-26(12-10-24)33(29,30)16-20-18-13-25(14-19(18)20)21(27)31-15-17-7-5-4-6-8-17/h4-8,18-20H,9-16H2,1-3H3. The van der Waals surface area contributed by atoms with E-state index in [2.05, 4.69) is 0 Å². The van der Waals surface area contributed by atoms with Crippen molar-refractivity contribution in [3.05, 3.63) is 35.9 Å². The summed E-state index contributed by atoms with van der Waals surface area (Å²) in [6.45, 7) is 7.96. The van der Waals surface area contributed by atoms with Crippen LogP contribution in [0.3, 0.4) is 0 Å². The highest BCUT2D eigenvalue weighted by Crippen LogP contribution is 2.52. The third kappa shape index (κ3) is 5.78. The Morgan fingerprint density at radius 3 is 2.12 bits per heavy atom. The third-order valence-electron chi connectivity index (χ3n) is 6.52. The lowest BCUT2D eigenvalue weighted by Crippen LogP contribution is -2.52. The Morgan fingerprint density at radius 2 is 1.55 bits per heavy atom. The molecule has 2 atom stereocenters. The van der Waals surface area contributed by atoms with Gasteiger partial charge in [-0.25, -0.2) is 18.0 Å². The van der Waals surface area contributed by atoms with E-state index in [1.54, 1.807) is 9.80 Å². The highest BCUT2D eigenvalue weighted by Gasteiger charge is 2.58. The maximum Gasteiger partial charge on any atom is 0.410 e. The van der Waals surface area contributed by atoms with E-state index in [9.17, 15) is 18.0 Å². The summed E-state index contributed by atoms with van der Waals surface area (Å²) in [7, 11) is -3.41. The Labute approximate surface area is 195 Å². The first kappa shape index (κ1) is 23.8. The van der Waals surface area contributed by atoms with Crippen molar-refractivity contribution >= 4 is 22.2 Å². The Kier molecular flexibility index (Phi) is 6.59. The number of sulfonamides is 1. The fraction of sp³-hybridized carbons (Fsp3) is 0.652. The van der Waals surface area contributed by atoms with Crippen molar-refractivity contribution in [1.29, 1.82) is 0 Å². The fourth-order valence-electron chi connectivity index (χ4n) is 4.68. The maximum absolute atomic E-state index is 12.9. The monoisotopic (exact) mass is 479 g/mol. The van der Waals surface area contributed by atoms with Gasteiger partial charge in [-0.1, -0.05) is 30.3 Å². The molecule has 3 aliphatic rings. The Morgan fingerprint density at radius 1 is 0.939 bits per heavy atom. The topological polar surface area (TPSA) is 96.5 Å². The molecule has 0 bridgehead atoms. The number of amides is 2. The molecule has 9 nitrogen and oxygen atoms in total. The molecule has 2 saturated heterocycles. The Bertz CT molecular complexity index is 958. The summed E-state index contributed by atoms with van der Waals surface area (Å²) in [6, 6.07) is 9.52. The molecule has 0 aromatic heterocycles. The molecule has 1 aliphatic carbocycles. The molecule has 0 radical (unpaired) electrons. The van der Waals surface area contributed by atoms with Crippen LogP contribution >= 0.6 is 0 Å². The SMILES string of the molecule is CC(C)(C)OC(=O)N1CCN(S(=O)(=O)CC2C3CN(C(=O)OCc4ccccc4)CC32)CC1. The first-order valence-corrected chi connectivity index (χ1v) is 13.1. The number of hydrogen-bond acceptors (Lipinski definition) is 6. The van der Waals surface area contributed by atoms with Gasteiger partial charge in [-0.15, -0.1) is 0 Å². The van der Waals surface area contributed by atoms with Gasteiger partial charge in [0.05, 0.1) is 5.75 Å². The van der Waals surface area contributed by atoms with Crippen LogP contribution in [0.1, 0.15) is 26.3 Å². The number of nitrogens with zero attached hydrogens (tertiary/aromatic N) is 3. The van der Waals surface area contributed by atoms with Crippen molar-refractivity contribution in [2.45, 2.75) is 33.0 Å². The average Bonchev–Trinajstić information content (AvgIpc) is 3.18. The summed E-state index contributed by atoms with van der Waals surface area (Å²) in [4.78, 5) is 27.8. The van der Waals surface area contributed by atoms with E-state index < -0.39 is 21.7 Å². The molecule has 10 heteroatoms. The van der Waals surface area contributed by atoms with E-state index >= 15 is 0 Å². The van der Waals surface area contributed by atoms with E-state index in [1.165, 1.54) is 4.31 Å². The second-order valence-electron chi connectivity index (χ2n) is 10.1. The lowest BCUT2D eigenvalue weighted by molar-refractivity contribution is 0.0192. The van der Waals surface area contributed by atoms with E-state index in [0.29, 0.717) is 26.2 Å². The lowest BCUT2D eigenvalue weighted by Gasteiger charge is -2.35. The molecule has 4 rings (SSSR count). The summed E-state index contributed by atoms with van der Waals surface area (Å²) in [5.41, 5.74) is 0.359. The predicted octanol–water partition coefficient (Wildman–Crippen LogP) is 2.38. The molecule has 0 spiro atoms. The second-order valence-corrected chi connectivity index (χ2v) is 12.1. The third-order valence-corrected chi connectivity index (χ3v) is 8.48. The van der Waals surface area contributed by atoms with Crippen LogP contribution in [-0.2, 0) is 26.1 Å². The number of benzene rings is 1. The van der Waals surface area contributed by atoms with E-state index in [4.69, 9.17) is 9.47 Å². The van der Waals surface area contributed by atoms with Gasteiger partial charge >= 0.3 is 12.2 Å². The Hall–Kier alpha value is -2.33. The van der Waals surface area contributed by atoms with Crippen molar-refractivity contribution in [3.8, 4) is 0 Å². The van der Waals surface area contributed by atoms with Crippen LogP contribution in [0.2, 0.25) is 0 Å². The summed E-state index contributed by atoms with van der Waals surface area (Å²) in [6.07, 6.45) is -0.749. The summed E-state index contributed by atoms with van der Waals surface area (Å²) in [5, 5.41) is 0. The molecule has 2 amide bonds. The molecule has 2 heterocycles. The zero-order chi connectivity index (χ0) is 23.8. The highest BCUT2D eigenvalue weighted by molar-refractivity contribution is 7.89. The molecule has 182 valence electrons. The molecule has 2 aliphatic heterocycles. The smallest absolute Gasteiger partial charge is 0.410 e. The minimum atomic E-state index is -3.41. The fourth-order valence-corrected chi connectivity index (χ4v) is 6.59. The molecule has 1 aromatic carbocycles. The van der Waals surface area contributed by atoms with Crippen molar-refractivity contribution < 1.29 is 27.5 Å². The van der Waals surface area contributed by atoms with Crippen molar-refractivity contribution in [2.24, 2.45) is 17.8 Å². The number of rotatable bonds is 5. The van der Waals surface area contributed by atoms with Gasteiger partial charge in [0.25, 0.3) is 0 Å². The van der Waals surface area contributed by atoms with Crippen LogP contribution < -0.4 is 0 Å². The normalized spacial score (nSPS) is 25.5. The number of piperidine rings is 1. The molecule has 2 unspecified atom stereocenters. The van der Waals surface area contributed by atoms with Crippen molar-refractivity contribution in [3.63, 3.8) is 0 Å². The minimum absolute atomic E-state index is 0.0806.